The highest BCUT2D eigenvalue weighted by Gasteiger charge is 2.43. The second-order valence-corrected chi connectivity index (χ2v) is 5.72. The molecule has 2 nitrogen and oxygen atoms in total. The molecule has 1 N–H and O–H groups in total. The lowest BCUT2D eigenvalue weighted by Crippen LogP contribution is -2.32. The average molecular weight is 296 g/mol. The van der Waals surface area contributed by atoms with Gasteiger partial charge in [0.05, 0.1) is 0 Å². The van der Waals surface area contributed by atoms with Crippen LogP contribution >= 0.6 is 0 Å². The summed E-state index contributed by atoms with van der Waals surface area (Å²) in [5, 5.41) is 9.83. The molecule has 2 aromatic rings. The first-order valence-electron chi connectivity index (χ1n) is 7.31. The van der Waals surface area contributed by atoms with E-state index in [0.717, 1.165) is 11.1 Å². The number of carboxylic acid groups (broad SMARTS) is 1. The van der Waals surface area contributed by atoms with Crippen LogP contribution < -0.4 is 0 Å². The maximum Gasteiger partial charge on any atom is 0.318 e. The van der Waals surface area contributed by atoms with Crippen molar-refractivity contribution in [2.45, 2.75) is 25.2 Å². The zero-order valence-electron chi connectivity index (χ0n) is 12.3. The van der Waals surface area contributed by atoms with Crippen LogP contribution in [0.5, 0.6) is 0 Å². The lowest BCUT2D eigenvalue weighted by molar-refractivity contribution is -0.141. The molecule has 0 aliphatic heterocycles. The predicted molar refractivity (Wildman–Crippen MR) is 84.1 cm³/mol. The number of hydrogen-bond donors (Lipinski definition) is 1. The molecule has 0 amide bonds. The van der Waals surface area contributed by atoms with E-state index >= 15 is 0 Å². The molecule has 112 valence electrons. The first-order chi connectivity index (χ1) is 10.5. The van der Waals surface area contributed by atoms with Crippen LogP contribution in [-0.4, -0.2) is 11.1 Å². The van der Waals surface area contributed by atoms with Gasteiger partial charge in [-0.3, -0.25) is 4.79 Å². The first-order valence-corrected chi connectivity index (χ1v) is 7.31. The van der Waals surface area contributed by atoms with E-state index in [-0.39, 0.29) is 5.82 Å². The van der Waals surface area contributed by atoms with Gasteiger partial charge in [-0.25, -0.2) is 4.39 Å². The van der Waals surface area contributed by atoms with Crippen molar-refractivity contribution in [3.63, 3.8) is 0 Å². The molecule has 0 heterocycles. The van der Waals surface area contributed by atoms with Gasteiger partial charge in [0.2, 0.25) is 0 Å². The van der Waals surface area contributed by atoms with Gasteiger partial charge in [-0.05, 0) is 48.1 Å². The van der Waals surface area contributed by atoms with Crippen LogP contribution in [0.4, 0.5) is 4.39 Å². The number of hydrogen-bond acceptors (Lipinski definition) is 1. The Morgan fingerprint density at radius 3 is 2.55 bits per heavy atom. The van der Waals surface area contributed by atoms with Crippen molar-refractivity contribution in [3.05, 3.63) is 77.1 Å². The predicted octanol–water partition coefficient (Wildman–Crippen LogP) is 4.33. The van der Waals surface area contributed by atoms with Gasteiger partial charge in [0.25, 0.3) is 0 Å². The minimum Gasteiger partial charge on any atom is -0.480 e. The Kier molecular flexibility index (Phi) is 3.57. The summed E-state index contributed by atoms with van der Waals surface area (Å²) in [5.74, 6) is -1.29. The Morgan fingerprint density at radius 1 is 1.14 bits per heavy atom. The number of allylic oxidation sites excluding steroid dienone is 1. The SMILES string of the molecule is Cc1c(F)cccc1C1(C(=O)O)C=C(c2ccccc2)CC1. The molecule has 0 aromatic heterocycles. The van der Waals surface area contributed by atoms with Crippen molar-refractivity contribution < 1.29 is 14.3 Å². The van der Waals surface area contributed by atoms with E-state index in [9.17, 15) is 14.3 Å². The molecule has 1 aliphatic carbocycles. The van der Waals surface area contributed by atoms with Crippen LogP contribution in [0, 0.1) is 12.7 Å². The van der Waals surface area contributed by atoms with Gasteiger partial charge >= 0.3 is 5.97 Å². The van der Waals surface area contributed by atoms with Gasteiger partial charge in [-0.15, -0.1) is 0 Å². The lowest BCUT2D eigenvalue weighted by atomic mass is 9.78. The molecule has 1 atom stereocenters. The number of aliphatic carboxylic acids is 1. The van der Waals surface area contributed by atoms with Crippen molar-refractivity contribution in [2.75, 3.05) is 0 Å². The summed E-state index contributed by atoms with van der Waals surface area (Å²) in [6.45, 7) is 1.64. The minimum absolute atomic E-state index is 0.361. The standard InChI is InChI=1S/C19H17FO2/c1-13-16(8-5-9-17(13)20)19(18(21)22)11-10-15(12-19)14-6-3-2-4-7-14/h2-9,12H,10-11H2,1H3,(H,21,22). The molecule has 3 heteroatoms. The number of halogens is 1. The van der Waals surface area contributed by atoms with Crippen molar-refractivity contribution >= 4 is 11.5 Å². The number of carbonyl (C=O) groups is 1. The van der Waals surface area contributed by atoms with Crippen LogP contribution in [0.3, 0.4) is 0 Å². The molecule has 0 fully saturated rings. The monoisotopic (exact) mass is 296 g/mol. The summed E-state index contributed by atoms with van der Waals surface area (Å²) < 4.78 is 13.9. The van der Waals surface area contributed by atoms with Gasteiger partial charge in [-0.1, -0.05) is 48.5 Å². The first kappa shape index (κ1) is 14.5. The fourth-order valence-electron chi connectivity index (χ4n) is 3.24. The van der Waals surface area contributed by atoms with E-state index < -0.39 is 11.4 Å². The van der Waals surface area contributed by atoms with E-state index in [1.54, 1.807) is 25.1 Å². The quantitative estimate of drug-likeness (QED) is 0.915. The Hall–Kier alpha value is -2.42. The molecular weight excluding hydrogens is 279 g/mol. The van der Waals surface area contributed by atoms with Crippen LogP contribution in [0.2, 0.25) is 0 Å². The fourth-order valence-corrected chi connectivity index (χ4v) is 3.24. The van der Waals surface area contributed by atoms with Crippen molar-refractivity contribution in [2.24, 2.45) is 0 Å². The summed E-state index contributed by atoms with van der Waals surface area (Å²) >= 11 is 0. The summed E-state index contributed by atoms with van der Waals surface area (Å²) in [6, 6.07) is 14.4. The van der Waals surface area contributed by atoms with E-state index in [4.69, 9.17) is 0 Å². The van der Waals surface area contributed by atoms with Crippen LogP contribution in [0.1, 0.15) is 29.5 Å². The highest BCUT2D eigenvalue weighted by molar-refractivity contribution is 5.90. The molecule has 0 saturated heterocycles. The fraction of sp³-hybridized carbons (Fsp3) is 0.211. The Bertz CT molecular complexity index is 749. The van der Waals surface area contributed by atoms with Gasteiger partial charge in [0, 0.05) is 0 Å². The van der Waals surface area contributed by atoms with Crippen LogP contribution in [0.15, 0.2) is 54.6 Å². The van der Waals surface area contributed by atoms with E-state index in [1.807, 2.05) is 30.3 Å². The molecule has 1 aliphatic rings. The van der Waals surface area contributed by atoms with Gasteiger partial charge in [0.1, 0.15) is 11.2 Å². The molecule has 1 unspecified atom stereocenters. The van der Waals surface area contributed by atoms with Crippen LogP contribution in [0.25, 0.3) is 5.57 Å². The second kappa shape index (κ2) is 5.41. The van der Waals surface area contributed by atoms with Gasteiger partial charge < -0.3 is 5.11 Å². The normalized spacial score (nSPS) is 20.7. The maximum atomic E-state index is 13.9. The molecule has 0 bridgehead atoms. The highest BCUT2D eigenvalue weighted by atomic mass is 19.1. The van der Waals surface area contributed by atoms with Gasteiger partial charge in [-0.2, -0.15) is 0 Å². The Labute approximate surface area is 128 Å². The topological polar surface area (TPSA) is 37.3 Å². The smallest absolute Gasteiger partial charge is 0.318 e. The van der Waals surface area contributed by atoms with Crippen LogP contribution in [-0.2, 0) is 10.2 Å². The number of benzene rings is 2. The molecule has 2 aromatic carbocycles. The number of rotatable bonds is 3. The molecule has 0 spiro atoms. The van der Waals surface area contributed by atoms with E-state index in [2.05, 4.69) is 0 Å². The third-order valence-electron chi connectivity index (χ3n) is 4.48. The lowest BCUT2D eigenvalue weighted by Gasteiger charge is -2.24. The minimum atomic E-state index is -1.14. The summed E-state index contributed by atoms with van der Waals surface area (Å²) in [6.07, 6.45) is 2.93. The van der Waals surface area contributed by atoms with Crippen molar-refractivity contribution in [1.29, 1.82) is 0 Å². The van der Waals surface area contributed by atoms with Gasteiger partial charge in [0.15, 0.2) is 0 Å². The molecule has 0 saturated carbocycles. The Balaban J connectivity index is 2.14. The molecule has 22 heavy (non-hydrogen) atoms. The second-order valence-electron chi connectivity index (χ2n) is 5.72. The van der Waals surface area contributed by atoms with E-state index in [0.29, 0.717) is 24.0 Å². The zero-order chi connectivity index (χ0) is 15.7. The third-order valence-corrected chi connectivity index (χ3v) is 4.48. The zero-order valence-corrected chi connectivity index (χ0v) is 12.3. The Morgan fingerprint density at radius 2 is 1.86 bits per heavy atom. The van der Waals surface area contributed by atoms with Crippen molar-refractivity contribution in [1.82, 2.24) is 0 Å². The highest BCUT2D eigenvalue weighted by Crippen LogP contribution is 2.44. The molecular formula is C19H17FO2. The summed E-state index contributed by atoms with van der Waals surface area (Å²) in [5.41, 5.74) is 1.85. The number of carboxylic acids is 1. The largest absolute Gasteiger partial charge is 0.480 e. The summed E-state index contributed by atoms with van der Waals surface area (Å²) in [7, 11) is 0. The molecule has 3 rings (SSSR count). The third kappa shape index (κ3) is 2.23. The maximum absolute atomic E-state index is 13.9. The summed E-state index contributed by atoms with van der Waals surface area (Å²) in [4.78, 5) is 12.0. The average Bonchev–Trinajstić information content (AvgIpc) is 2.97. The van der Waals surface area contributed by atoms with E-state index in [1.165, 1.54) is 6.07 Å². The van der Waals surface area contributed by atoms with Crippen molar-refractivity contribution in [3.8, 4) is 0 Å². The molecule has 0 radical (unpaired) electrons.